The Hall–Kier alpha value is -1.85. The van der Waals surface area contributed by atoms with Crippen LogP contribution in [0.2, 0.25) is 5.02 Å². The molecule has 0 unspecified atom stereocenters. The molecule has 0 saturated heterocycles. The van der Waals surface area contributed by atoms with Crippen LogP contribution in [0.15, 0.2) is 47.4 Å². The summed E-state index contributed by atoms with van der Waals surface area (Å²) in [7, 11) is -3.18. The zero-order valence-electron chi connectivity index (χ0n) is 11.7. The number of nitrogens with one attached hydrogen (secondary N) is 1. The molecule has 0 fully saturated rings. The van der Waals surface area contributed by atoms with Crippen molar-refractivity contribution in [3.05, 3.63) is 58.6 Å². The maximum atomic E-state index is 12.2. The maximum Gasteiger partial charge on any atom is 0.255 e. The molecular weight excluding hydrogens is 322 g/mol. The quantitative estimate of drug-likeness (QED) is 0.915. The van der Waals surface area contributed by atoms with E-state index in [9.17, 15) is 13.2 Å². The minimum absolute atomic E-state index is 0.189. The standard InChI is InChI=1S/C16H14ClNO3S/c17-13-5-1-3-12(9-13)16(19)18-14-6-7-15-11(10-14)4-2-8-22(15,20)21/h1,3,5-7,9-10H,2,4,8H2,(H,18,19). The third kappa shape index (κ3) is 3.00. The first kappa shape index (κ1) is 15.1. The Morgan fingerprint density at radius 2 is 1.95 bits per heavy atom. The van der Waals surface area contributed by atoms with Gasteiger partial charge in [-0.3, -0.25) is 4.79 Å². The summed E-state index contributed by atoms with van der Waals surface area (Å²) >= 11 is 5.87. The molecule has 2 aromatic carbocycles. The molecule has 3 rings (SSSR count). The number of fused-ring (bicyclic) bond motifs is 1. The van der Waals surface area contributed by atoms with E-state index in [0.29, 0.717) is 34.0 Å². The van der Waals surface area contributed by atoms with Crippen LogP contribution in [0.4, 0.5) is 5.69 Å². The number of aryl methyl sites for hydroxylation is 1. The number of carbonyl (C=O) groups excluding carboxylic acids is 1. The van der Waals surface area contributed by atoms with Crippen LogP contribution in [0.5, 0.6) is 0 Å². The number of rotatable bonds is 2. The molecule has 1 aliphatic heterocycles. The van der Waals surface area contributed by atoms with Gasteiger partial charge in [0.1, 0.15) is 0 Å². The summed E-state index contributed by atoms with van der Waals surface area (Å²) in [6.45, 7) is 0. The fourth-order valence-electron chi connectivity index (χ4n) is 2.55. The van der Waals surface area contributed by atoms with Crippen molar-refractivity contribution < 1.29 is 13.2 Å². The molecule has 0 radical (unpaired) electrons. The van der Waals surface area contributed by atoms with Crippen LogP contribution in [0.25, 0.3) is 0 Å². The molecule has 1 aliphatic rings. The van der Waals surface area contributed by atoms with E-state index in [-0.39, 0.29) is 11.7 Å². The molecule has 1 N–H and O–H groups in total. The Labute approximate surface area is 134 Å². The van der Waals surface area contributed by atoms with E-state index in [1.807, 2.05) is 0 Å². The largest absolute Gasteiger partial charge is 0.322 e. The first-order chi connectivity index (χ1) is 10.5. The van der Waals surface area contributed by atoms with Crippen molar-refractivity contribution in [2.24, 2.45) is 0 Å². The van der Waals surface area contributed by atoms with Gasteiger partial charge in [0.25, 0.3) is 5.91 Å². The number of anilines is 1. The van der Waals surface area contributed by atoms with Crippen LogP contribution in [-0.4, -0.2) is 20.1 Å². The normalized spacial score (nSPS) is 15.9. The third-order valence-electron chi connectivity index (χ3n) is 3.60. The number of benzene rings is 2. The fourth-order valence-corrected chi connectivity index (χ4v) is 4.32. The molecule has 6 heteroatoms. The second-order valence-corrected chi connectivity index (χ2v) is 7.72. The molecule has 0 aromatic heterocycles. The smallest absolute Gasteiger partial charge is 0.255 e. The molecular formula is C16H14ClNO3S. The van der Waals surface area contributed by atoms with Gasteiger partial charge in [-0.25, -0.2) is 8.42 Å². The lowest BCUT2D eigenvalue weighted by Gasteiger charge is -2.17. The molecule has 0 spiro atoms. The van der Waals surface area contributed by atoms with Crippen LogP contribution in [0, 0.1) is 0 Å². The molecule has 0 bridgehead atoms. The number of sulfone groups is 1. The van der Waals surface area contributed by atoms with E-state index >= 15 is 0 Å². The van der Waals surface area contributed by atoms with E-state index in [4.69, 9.17) is 11.6 Å². The summed E-state index contributed by atoms with van der Waals surface area (Å²) < 4.78 is 23.9. The average molecular weight is 336 g/mol. The molecule has 22 heavy (non-hydrogen) atoms. The summed E-state index contributed by atoms with van der Waals surface area (Å²) in [5.41, 5.74) is 1.80. The van der Waals surface area contributed by atoms with Gasteiger partial charge < -0.3 is 5.32 Å². The lowest BCUT2D eigenvalue weighted by Crippen LogP contribution is -2.17. The molecule has 0 aliphatic carbocycles. The van der Waals surface area contributed by atoms with E-state index in [1.165, 1.54) is 0 Å². The number of hydrogen-bond donors (Lipinski definition) is 1. The topological polar surface area (TPSA) is 63.2 Å². The van der Waals surface area contributed by atoms with E-state index in [2.05, 4.69) is 5.32 Å². The molecule has 4 nitrogen and oxygen atoms in total. The Bertz CT molecular complexity index is 846. The van der Waals surface area contributed by atoms with Gasteiger partial charge >= 0.3 is 0 Å². The third-order valence-corrected chi connectivity index (χ3v) is 5.73. The first-order valence-corrected chi connectivity index (χ1v) is 8.91. The number of amides is 1. The van der Waals surface area contributed by atoms with E-state index in [0.717, 1.165) is 5.56 Å². The lowest BCUT2D eigenvalue weighted by molar-refractivity contribution is 0.102. The second-order valence-electron chi connectivity index (χ2n) is 5.21. The first-order valence-electron chi connectivity index (χ1n) is 6.88. The molecule has 0 atom stereocenters. The van der Waals surface area contributed by atoms with Crippen LogP contribution < -0.4 is 5.32 Å². The van der Waals surface area contributed by atoms with Crippen molar-refractivity contribution in [1.29, 1.82) is 0 Å². The van der Waals surface area contributed by atoms with Crippen molar-refractivity contribution >= 4 is 33.0 Å². The van der Waals surface area contributed by atoms with Crippen LogP contribution in [0.3, 0.4) is 0 Å². The lowest BCUT2D eigenvalue weighted by atomic mass is 10.1. The maximum absolute atomic E-state index is 12.2. The highest BCUT2D eigenvalue weighted by molar-refractivity contribution is 7.91. The van der Waals surface area contributed by atoms with Gasteiger partial charge in [-0.1, -0.05) is 17.7 Å². The average Bonchev–Trinajstić information content (AvgIpc) is 2.46. The predicted molar refractivity (Wildman–Crippen MR) is 86.2 cm³/mol. The van der Waals surface area contributed by atoms with Gasteiger partial charge in [-0.2, -0.15) is 0 Å². The number of hydrogen-bond acceptors (Lipinski definition) is 3. The van der Waals surface area contributed by atoms with Gasteiger partial charge in [0.05, 0.1) is 10.6 Å². The predicted octanol–water partition coefficient (Wildman–Crippen LogP) is 3.31. The molecule has 1 amide bonds. The molecule has 114 valence electrons. The van der Waals surface area contributed by atoms with Gasteiger partial charge in [0.2, 0.25) is 0 Å². The zero-order valence-corrected chi connectivity index (χ0v) is 13.2. The molecule has 2 aromatic rings. The van der Waals surface area contributed by atoms with Crippen molar-refractivity contribution in [2.45, 2.75) is 17.7 Å². The number of halogens is 1. The van der Waals surface area contributed by atoms with Crippen molar-refractivity contribution in [3.8, 4) is 0 Å². The number of carbonyl (C=O) groups is 1. The van der Waals surface area contributed by atoms with Gasteiger partial charge in [0.15, 0.2) is 9.84 Å². The Morgan fingerprint density at radius 3 is 2.73 bits per heavy atom. The second kappa shape index (κ2) is 5.74. The summed E-state index contributed by atoms with van der Waals surface area (Å²) in [6.07, 6.45) is 1.32. The Morgan fingerprint density at radius 1 is 1.14 bits per heavy atom. The highest BCUT2D eigenvalue weighted by Crippen LogP contribution is 2.27. The summed E-state index contributed by atoms with van der Waals surface area (Å²) in [5.74, 6) is -0.0880. The van der Waals surface area contributed by atoms with E-state index < -0.39 is 9.84 Å². The van der Waals surface area contributed by atoms with Crippen LogP contribution >= 0.6 is 11.6 Å². The zero-order chi connectivity index (χ0) is 15.7. The summed E-state index contributed by atoms with van der Waals surface area (Å²) in [4.78, 5) is 12.5. The molecule has 1 heterocycles. The van der Waals surface area contributed by atoms with Crippen LogP contribution in [0.1, 0.15) is 22.3 Å². The van der Waals surface area contributed by atoms with Gasteiger partial charge in [0, 0.05) is 16.3 Å². The van der Waals surface area contributed by atoms with Gasteiger partial charge in [-0.15, -0.1) is 0 Å². The molecule has 0 saturated carbocycles. The van der Waals surface area contributed by atoms with Crippen LogP contribution in [-0.2, 0) is 16.3 Å². The minimum atomic E-state index is -3.18. The monoisotopic (exact) mass is 335 g/mol. The highest BCUT2D eigenvalue weighted by Gasteiger charge is 2.23. The van der Waals surface area contributed by atoms with Gasteiger partial charge in [-0.05, 0) is 54.8 Å². The Kier molecular flexibility index (Phi) is 3.93. The van der Waals surface area contributed by atoms with Crippen molar-refractivity contribution in [3.63, 3.8) is 0 Å². The van der Waals surface area contributed by atoms with Crippen molar-refractivity contribution in [1.82, 2.24) is 0 Å². The minimum Gasteiger partial charge on any atom is -0.322 e. The van der Waals surface area contributed by atoms with E-state index in [1.54, 1.807) is 42.5 Å². The summed E-state index contributed by atoms with van der Waals surface area (Å²) in [5, 5.41) is 3.26. The summed E-state index contributed by atoms with van der Waals surface area (Å²) in [6, 6.07) is 11.6. The Balaban J connectivity index is 1.86. The SMILES string of the molecule is O=C(Nc1ccc2c(c1)CCCS2(=O)=O)c1cccc(Cl)c1. The highest BCUT2D eigenvalue weighted by atomic mass is 35.5. The van der Waals surface area contributed by atoms with Crippen molar-refractivity contribution in [2.75, 3.05) is 11.1 Å². The fraction of sp³-hybridized carbons (Fsp3) is 0.188.